The molecule has 1 amide bonds. The average molecular weight is 305 g/mol. The van der Waals surface area contributed by atoms with Crippen molar-refractivity contribution in [3.8, 4) is 5.75 Å². The van der Waals surface area contributed by atoms with E-state index < -0.39 is 6.10 Å². The third kappa shape index (κ3) is 4.01. The van der Waals surface area contributed by atoms with E-state index in [-0.39, 0.29) is 11.3 Å². The zero-order chi connectivity index (χ0) is 16.2. The van der Waals surface area contributed by atoms with Crippen LogP contribution in [0, 0.1) is 11.3 Å². The molecule has 2 rings (SSSR count). The molecule has 1 fully saturated rings. The van der Waals surface area contributed by atoms with Gasteiger partial charge < -0.3 is 15.2 Å². The Balaban J connectivity index is 1.90. The summed E-state index contributed by atoms with van der Waals surface area (Å²) in [5.74, 6) is 1.02. The smallest absolute Gasteiger partial charge is 0.253 e. The van der Waals surface area contributed by atoms with Crippen molar-refractivity contribution in [2.24, 2.45) is 11.3 Å². The zero-order valence-electron chi connectivity index (χ0n) is 13.8. The van der Waals surface area contributed by atoms with Crippen molar-refractivity contribution in [1.29, 1.82) is 0 Å². The maximum Gasteiger partial charge on any atom is 0.253 e. The molecule has 4 nitrogen and oxygen atoms in total. The van der Waals surface area contributed by atoms with E-state index in [4.69, 9.17) is 4.74 Å². The fourth-order valence-corrected chi connectivity index (χ4v) is 3.30. The van der Waals surface area contributed by atoms with Crippen molar-refractivity contribution in [2.75, 3.05) is 13.7 Å². The number of benzene rings is 1. The van der Waals surface area contributed by atoms with Crippen LogP contribution in [0.25, 0.3) is 0 Å². The lowest BCUT2D eigenvalue weighted by Gasteiger charge is -2.43. The Morgan fingerprint density at radius 2 is 1.95 bits per heavy atom. The minimum Gasteiger partial charge on any atom is -0.497 e. The number of carbonyl (C=O) groups is 1. The van der Waals surface area contributed by atoms with Crippen molar-refractivity contribution in [3.63, 3.8) is 0 Å². The van der Waals surface area contributed by atoms with Gasteiger partial charge in [-0.3, -0.25) is 4.79 Å². The summed E-state index contributed by atoms with van der Waals surface area (Å²) in [4.78, 5) is 12.2. The van der Waals surface area contributed by atoms with E-state index >= 15 is 0 Å². The van der Waals surface area contributed by atoms with Crippen LogP contribution >= 0.6 is 0 Å². The van der Waals surface area contributed by atoms with E-state index in [2.05, 4.69) is 19.2 Å². The maximum atomic E-state index is 12.2. The molecule has 1 atom stereocenters. The summed E-state index contributed by atoms with van der Waals surface area (Å²) in [5, 5.41) is 13.1. The lowest BCUT2D eigenvalue weighted by Crippen LogP contribution is -2.44. The third-order valence-corrected chi connectivity index (χ3v) is 4.57. The van der Waals surface area contributed by atoms with Gasteiger partial charge in [0.2, 0.25) is 0 Å². The molecule has 0 saturated heterocycles. The Labute approximate surface area is 132 Å². The lowest BCUT2D eigenvalue weighted by atomic mass is 9.64. The molecular formula is C18H27NO3. The first kappa shape index (κ1) is 16.8. The molecule has 1 aromatic carbocycles. The summed E-state index contributed by atoms with van der Waals surface area (Å²) >= 11 is 0. The molecule has 1 saturated carbocycles. The van der Waals surface area contributed by atoms with Crippen molar-refractivity contribution in [2.45, 2.75) is 45.6 Å². The van der Waals surface area contributed by atoms with Crippen molar-refractivity contribution in [3.05, 3.63) is 29.8 Å². The Hall–Kier alpha value is -1.55. The van der Waals surface area contributed by atoms with E-state index in [1.165, 1.54) is 19.3 Å². The minimum atomic E-state index is -1.12. The van der Waals surface area contributed by atoms with Crippen LogP contribution in [0.5, 0.6) is 5.75 Å². The summed E-state index contributed by atoms with van der Waals surface area (Å²) < 4.78 is 5.08. The van der Waals surface area contributed by atoms with Gasteiger partial charge in [0.25, 0.3) is 5.91 Å². The van der Waals surface area contributed by atoms with E-state index in [0.29, 0.717) is 23.8 Å². The second-order valence-electron chi connectivity index (χ2n) is 6.85. The number of aliphatic hydroxyl groups is 1. The molecule has 0 aromatic heterocycles. The standard InChI is InChI=1S/C18H27NO3/c1-13(2)11-18(9-4-10-18)12-19-17(21)16(20)14-5-7-15(22-3)8-6-14/h5-8,13,16,20H,4,9-12H2,1-3H3,(H,19,21). The minimum absolute atomic E-state index is 0.240. The van der Waals surface area contributed by atoms with E-state index in [9.17, 15) is 9.90 Å². The highest BCUT2D eigenvalue weighted by Gasteiger charge is 2.37. The van der Waals surface area contributed by atoms with Crippen LogP contribution in [-0.4, -0.2) is 24.7 Å². The van der Waals surface area contributed by atoms with Gasteiger partial charge in [-0.15, -0.1) is 0 Å². The molecule has 0 bridgehead atoms. The van der Waals surface area contributed by atoms with Crippen LogP contribution in [-0.2, 0) is 4.79 Å². The SMILES string of the molecule is COc1ccc(C(O)C(=O)NCC2(CC(C)C)CCC2)cc1. The van der Waals surface area contributed by atoms with Gasteiger partial charge in [-0.05, 0) is 48.3 Å². The largest absolute Gasteiger partial charge is 0.497 e. The van der Waals surface area contributed by atoms with Gasteiger partial charge in [0, 0.05) is 6.54 Å². The van der Waals surface area contributed by atoms with Gasteiger partial charge in [-0.2, -0.15) is 0 Å². The van der Waals surface area contributed by atoms with E-state index in [0.717, 1.165) is 6.42 Å². The predicted octanol–water partition coefficient (Wildman–Crippen LogP) is 3.06. The van der Waals surface area contributed by atoms with Crippen LogP contribution in [0.2, 0.25) is 0 Å². The molecule has 4 heteroatoms. The molecule has 1 aliphatic rings. The molecule has 0 radical (unpaired) electrons. The van der Waals surface area contributed by atoms with Crippen molar-refractivity contribution >= 4 is 5.91 Å². The topological polar surface area (TPSA) is 58.6 Å². The summed E-state index contributed by atoms with van der Waals surface area (Å²) in [7, 11) is 1.59. The first-order valence-corrected chi connectivity index (χ1v) is 8.05. The van der Waals surface area contributed by atoms with Gasteiger partial charge in [0.1, 0.15) is 5.75 Å². The Morgan fingerprint density at radius 1 is 1.32 bits per heavy atom. The van der Waals surface area contributed by atoms with Gasteiger partial charge >= 0.3 is 0 Å². The molecule has 0 heterocycles. The summed E-state index contributed by atoms with van der Waals surface area (Å²) in [6.07, 6.45) is 3.59. The number of aliphatic hydroxyl groups excluding tert-OH is 1. The molecule has 0 spiro atoms. The first-order chi connectivity index (χ1) is 10.5. The highest BCUT2D eigenvalue weighted by molar-refractivity contribution is 5.82. The van der Waals surface area contributed by atoms with Crippen LogP contribution in [0.15, 0.2) is 24.3 Å². The van der Waals surface area contributed by atoms with E-state index in [1.807, 2.05) is 0 Å². The number of nitrogens with one attached hydrogen (secondary N) is 1. The number of hydrogen-bond acceptors (Lipinski definition) is 3. The molecule has 2 N–H and O–H groups in total. The normalized spacial score (nSPS) is 17.7. The van der Waals surface area contributed by atoms with Gasteiger partial charge in [-0.25, -0.2) is 0 Å². The molecule has 122 valence electrons. The molecule has 1 aromatic rings. The number of rotatable bonds is 7. The number of hydrogen-bond donors (Lipinski definition) is 2. The number of amides is 1. The maximum absolute atomic E-state index is 12.2. The fourth-order valence-electron chi connectivity index (χ4n) is 3.30. The highest BCUT2D eigenvalue weighted by Crippen LogP contribution is 2.45. The molecule has 22 heavy (non-hydrogen) atoms. The predicted molar refractivity (Wildman–Crippen MR) is 86.7 cm³/mol. The summed E-state index contributed by atoms with van der Waals surface area (Å²) in [5.41, 5.74) is 0.827. The molecular weight excluding hydrogens is 278 g/mol. The second kappa shape index (κ2) is 7.14. The van der Waals surface area contributed by atoms with E-state index in [1.54, 1.807) is 31.4 Å². The van der Waals surface area contributed by atoms with Crippen LogP contribution in [0.1, 0.15) is 51.2 Å². The van der Waals surface area contributed by atoms with Crippen LogP contribution < -0.4 is 10.1 Å². The van der Waals surface area contributed by atoms with Crippen LogP contribution in [0.3, 0.4) is 0 Å². The number of methoxy groups -OCH3 is 1. The van der Waals surface area contributed by atoms with Crippen molar-refractivity contribution < 1.29 is 14.6 Å². The Kier molecular flexibility index (Phi) is 5.46. The number of ether oxygens (including phenoxy) is 1. The highest BCUT2D eigenvalue weighted by atomic mass is 16.5. The monoisotopic (exact) mass is 305 g/mol. The molecule has 1 unspecified atom stereocenters. The third-order valence-electron chi connectivity index (χ3n) is 4.57. The fraction of sp³-hybridized carbons (Fsp3) is 0.611. The first-order valence-electron chi connectivity index (χ1n) is 8.05. The quantitative estimate of drug-likeness (QED) is 0.814. The van der Waals surface area contributed by atoms with Gasteiger partial charge in [0.15, 0.2) is 6.10 Å². The average Bonchev–Trinajstić information content (AvgIpc) is 2.48. The summed E-state index contributed by atoms with van der Waals surface area (Å²) in [6, 6.07) is 6.93. The molecule has 0 aliphatic heterocycles. The van der Waals surface area contributed by atoms with Gasteiger partial charge in [-0.1, -0.05) is 32.4 Å². The lowest BCUT2D eigenvalue weighted by molar-refractivity contribution is -0.130. The summed E-state index contributed by atoms with van der Waals surface area (Å²) in [6.45, 7) is 5.10. The Morgan fingerprint density at radius 3 is 2.41 bits per heavy atom. The molecule has 1 aliphatic carbocycles. The second-order valence-corrected chi connectivity index (χ2v) is 6.85. The van der Waals surface area contributed by atoms with Crippen molar-refractivity contribution in [1.82, 2.24) is 5.32 Å². The number of carbonyl (C=O) groups excluding carboxylic acids is 1. The van der Waals surface area contributed by atoms with Gasteiger partial charge in [0.05, 0.1) is 7.11 Å². The zero-order valence-corrected chi connectivity index (χ0v) is 13.8. The Bertz CT molecular complexity index is 492. The van der Waals surface area contributed by atoms with Crippen LogP contribution in [0.4, 0.5) is 0 Å².